The van der Waals surface area contributed by atoms with E-state index in [1.165, 1.54) is 32.1 Å². The van der Waals surface area contributed by atoms with E-state index >= 15 is 0 Å². The molecule has 2 fully saturated rings. The van der Waals surface area contributed by atoms with Gasteiger partial charge in [0.15, 0.2) is 0 Å². The lowest BCUT2D eigenvalue weighted by atomic mass is 9.82. The average Bonchev–Trinajstić information content (AvgIpc) is 2.34. The van der Waals surface area contributed by atoms with Crippen LogP contribution < -0.4 is 11.1 Å². The first-order valence-electron chi connectivity index (χ1n) is 7.34. The molecule has 2 unspecified atom stereocenters. The first kappa shape index (κ1) is 12.7. The minimum absolute atomic E-state index is 0.518. The zero-order chi connectivity index (χ0) is 13.4. The highest BCUT2D eigenvalue weighted by Gasteiger charge is 2.36. The molecule has 2 saturated heterocycles. The number of anilines is 2. The third-order valence-electron chi connectivity index (χ3n) is 4.73. The number of hydrogen-bond donors (Lipinski definition) is 2. The van der Waals surface area contributed by atoms with Crippen LogP contribution in [0.15, 0.2) is 12.3 Å². The van der Waals surface area contributed by atoms with Gasteiger partial charge in [0.2, 0.25) is 0 Å². The maximum atomic E-state index is 6.05. The summed E-state index contributed by atoms with van der Waals surface area (Å²) < 4.78 is 0. The van der Waals surface area contributed by atoms with E-state index in [0.717, 1.165) is 29.2 Å². The number of piperidine rings is 2. The van der Waals surface area contributed by atoms with Gasteiger partial charge in [-0.25, -0.2) is 4.98 Å². The summed E-state index contributed by atoms with van der Waals surface area (Å²) in [6.45, 7) is 2.02. The third-order valence-corrected chi connectivity index (χ3v) is 4.73. The molecule has 4 heteroatoms. The largest absolute Gasteiger partial charge is 0.396 e. The highest BCUT2D eigenvalue weighted by molar-refractivity contribution is 5.62. The molecule has 3 rings (SSSR count). The van der Waals surface area contributed by atoms with Gasteiger partial charge >= 0.3 is 0 Å². The van der Waals surface area contributed by atoms with Gasteiger partial charge in [-0.15, -0.1) is 0 Å². The number of pyridine rings is 1. The van der Waals surface area contributed by atoms with E-state index in [-0.39, 0.29) is 0 Å². The first-order chi connectivity index (χ1) is 9.13. The monoisotopic (exact) mass is 260 g/mol. The van der Waals surface area contributed by atoms with E-state index in [1.807, 2.05) is 19.2 Å². The van der Waals surface area contributed by atoms with E-state index < -0.39 is 0 Å². The van der Waals surface area contributed by atoms with Crippen LogP contribution in [-0.2, 0) is 0 Å². The fourth-order valence-corrected chi connectivity index (χ4v) is 3.64. The summed E-state index contributed by atoms with van der Waals surface area (Å²) >= 11 is 0. The Morgan fingerprint density at radius 3 is 2.63 bits per heavy atom. The van der Waals surface area contributed by atoms with Crippen LogP contribution in [0.5, 0.6) is 0 Å². The molecule has 0 aliphatic carbocycles. The second kappa shape index (κ2) is 5.00. The molecule has 19 heavy (non-hydrogen) atoms. The van der Waals surface area contributed by atoms with Crippen LogP contribution >= 0.6 is 0 Å². The van der Waals surface area contributed by atoms with Crippen molar-refractivity contribution in [3.05, 3.63) is 17.8 Å². The number of nitrogens with two attached hydrogens (primary N) is 1. The second-order valence-electron chi connectivity index (χ2n) is 6.17. The minimum atomic E-state index is 0.518. The first-order valence-corrected chi connectivity index (χ1v) is 7.34. The van der Waals surface area contributed by atoms with Crippen LogP contribution in [0.3, 0.4) is 0 Å². The predicted octanol–water partition coefficient (Wildman–Crippen LogP) is 2.40. The molecule has 0 saturated carbocycles. The molecule has 4 nitrogen and oxygen atoms in total. The Morgan fingerprint density at radius 1 is 1.32 bits per heavy atom. The molecular formula is C15H24N4. The van der Waals surface area contributed by atoms with Gasteiger partial charge < -0.3 is 16.0 Å². The fourth-order valence-electron chi connectivity index (χ4n) is 3.64. The maximum absolute atomic E-state index is 6.05. The molecule has 104 valence electrons. The van der Waals surface area contributed by atoms with E-state index in [9.17, 15) is 0 Å². The summed E-state index contributed by atoms with van der Waals surface area (Å²) in [6.07, 6.45) is 8.36. The van der Waals surface area contributed by atoms with Gasteiger partial charge in [-0.3, -0.25) is 0 Å². The molecule has 0 amide bonds. The molecule has 3 heterocycles. The number of hydrogen-bond acceptors (Lipinski definition) is 4. The number of nitrogens with zero attached hydrogens (tertiary/aromatic N) is 2. The quantitative estimate of drug-likeness (QED) is 0.857. The molecule has 2 atom stereocenters. The summed E-state index contributed by atoms with van der Waals surface area (Å²) in [5.41, 5.74) is 7.93. The average molecular weight is 260 g/mol. The summed E-state index contributed by atoms with van der Waals surface area (Å²) in [5.74, 6) is 0.859. The van der Waals surface area contributed by atoms with Crippen LogP contribution in [0.2, 0.25) is 0 Å². The predicted molar refractivity (Wildman–Crippen MR) is 79.2 cm³/mol. The Kier molecular flexibility index (Phi) is 3.35. The van der Waals surface area contributed by atoms with Gasteiger partial charge in [-0.1, -0.05) is 6.42 Å². The van der Waals surface area contributed by atoms with Crippen LogP contribution in [0.25, 0.3) is 0 Å². The van der Waals surface area contributed by atoms with Crippen LogP contribution in [0.4, 0.5) is 11.5 Å². The number of fused-ring (bicyclic) bond motifs is 2. The van der Waals surface area contributed by atoms with E-state index in [1.54, 1.807) is 0 Å². The lowest BCUT2D eigenvalue weighted by molar-refractivity contribution is 0.0608. The Labute approximate surface area is 115 Å². The van der Waals surface area contributed by atoms with Crippen molar-refractivity contribution in [2.45, 2.75) is 57.2 Å². The van der Waals surface area contributed by atoms with Gasteiger partial charge in [0.1, 0.15) is 5.82 Å². The van der Waals surface area contributed by atoms with Gasteiger partial charge in [0.25, 0.3) is 0 Å². The lowest BCUT2D eigenvalue weighted by Gasteiger charge is -2.47. The van der Waals surface area contributed by atoms with E-state index in [0.29, 0.717) is 6.04 Å². The summed E-state index contributed by atoms with van der Waals surface area (Å²) in [5, 5.41) is 3.56. The molecule has 3 N–H and O–H groups in total. The minimum Gasteiger partial charge on any atom is -0.396 e. The Balaban J connectivity index is 1.70. The topological polar surface area (TPSA) is 54.2 Å². The normalized spacial score (nSPS) is 31.2. The van der Waals surface area contributed by atoms with Crippen molar-refractivity contribution in [1.29, 1.82) is 0 Å². The second-order valence-corrected chi connectivity index (χ2v) is 6.17. The Morgan fingerprint density at radius 2 is 2.00 bits per heavy atom. The number of nitrogen functional groups attached to an aromatic ring is 1. The maximum Gasteiger partial charge on any atom is 0.149 e. The van der Waals surface area contributed by atoms with E-state index in [2.05, 4.69) is 22.2 Å². The van der Waals surface area contributed by atoms with Crippen molar-refractivity contribution in [3.8, 4) is 0 Å². The number of rotatable bonds is 2. The van der Waals surface area contributed by atoms with Crippen molar-refractivity contribution in [2.24, 2.45) is 0 Å². The van der Waals surface area contributed by atoms with Crippen molar-refractivity contribution >= 4 is 11.5 Å². The smallest absolute Gasteiger partial charge is 0.149 e. The van der Waals surface area contributed by atoms with Crippen molar-refractivity contribution < 1.29 is 0 Å². The van der Waals surface area contributed by atoms with Crippen molar-refractivity contribution in [2.75, 3.05) is 18.1 Å². The van der Waals surface area contributed by atoms with Crippen LogP contribution in [0, 0.1) is 6.92 Å². The fraction of sp³-hybridized carbons (Fsp3) is 0.667. The van der Waals surface area contributed by atoms with E-state index in [4.69, 9.17) is 5.73 Å². The molecule has 0 radical (unpaired) electrons. The lowest BCUT2D eigenvalue weighted by Crippen LogP contribution is -2.52. The highest BCUT2D eigenvalue weighted by atomic mass is 15.2. The molecule has 2 aliphatic rings. The summed E-state index contributed by atoms with van der Waals surface area (Å²) in [7, 11) is 2.28. The van der Waals surface area contributed by atoms with Gasteiger partial charge in [-0.2, -0.15) is 0 Å². The molecule has 0 aromatic carbocycles. The Bertz CT molecular complexity index is 445. The van der Waals surface area contributed by atoms with Crippen LogP contribution in [-0.4, -0.2) is 35.1 Å². The van der Waals surface area contributed by atoms with Gasteiger partial charge in [-0.05, 0) is 51.3 Å². The number of aryl methyl sites for hydroxylation is 1. The van der Waals surface area contributed by atoms with Crippen molar-refractivity contribution in [1.82, 2.24) is 9.88 Å². The Hall–Kier alpha value is -1.29. The van der Waals surface area contributed by atoms with Gasteiger partial charge in [0, 0.05) is 24.3 Å². The molecule has 0 spiro atoms. The number of aromatic nitrogens is 1. The molecular weight excluding hydrogens is 236 g/mol. The number of nitrogens with one attached hydrogen (secondary N) is 1. The molecule has 2 aliphatic heterocycles. The molecule has 2 bridgehead atoms. The van der Waals surface area contributed by atoms with Gasteiger partial charge in [0.05, 0.1) is 5.69 Å². The highest BCUT2D eigenvalue weighted by Crippen LogP contribution is 2.34. The van der Waals surface area contributed by atoms with Crippen molar-refractivity contribution in [3.63, 3.8) is 0 Å². The zero-order valence-electron chi connectivity index (χ0n) is 11.9. The third kappa shape index (κ3) is 2.54. The molecule has 1 aromatic rings. The molecule has 1 aromatic heterocycles. The SMILES string of the molecule is Cc1cnc(NC2CC3CCCC(C2)N3C)c(N)c1. The standard InChI is InChI=1S/C15H24N4/c1-10-6-14(16)15(17-9-10)18-11-7-12-4-3-5-13(8-11)19(12)2/h6,9,11-13H,3-5,7-8,16H2,1-2H3,(H,17,18). The van der Waals surface area contributed by atoms with Crippen LogP contribution in [0.1, 0.15) is 37.7 Å². The summed E-state index contributed by atoms with van der Waals surface area (Å²) in [4.78, 5) is 7.01. The zero-order valence-corrected chi connectivity index (χ0v) is 11.9. The summed E-state index contributed by atoms with van der Waals surface area (Å²) in [6, 6.07) is 3.97.